The minimum Gasteiger partial charge on any atom is -0.491 e. The molecule has 0 radical (unpaired) electrons. The summed E-state index contributed by atoms with van der Waals surface area (Å²) in [6.07, 6.45) is 78.4. The number of unbranched alkanes of at least 4 members (excludes halogenated alkanes) is 52. The SMILES string of the molecule is CCCCCCCCCCCCCCCCc1cc2c3nc4nc(nc5[nH]c(nc6nc(nc([nH]3)c2cc1CCCCCCCCCCCCCCCC)-c1ccc(OCCOCCOCCOCCO)cc1-6)c1cc(CCCCCCCCCCCCCCCC)c(CCCCCCCCCCCCCCCC)cc51)-c1cc(OCCOCCOCCOCCO)ccc1-4. The van der Waals surface area contributed by atoms with Crippen LogP contribution in [-0.2, 0) is 54.1 Å². The number of rotatable bonds is 84. The molecule has 130 heavy (non-hydrogen) atoms. The Hall–Kier alpha value is -6.48. The number of ether oxygens (including phenoxy) is 8. The molecule has 726 valence electrons. The number of aryl methyl sites for hydroxylation is 4. The number of hydrogen-bond donors (Lipinski definition) is 4. The van der Waals surface area contributed by atoms with Crippen molar-refractivity contribution in [3.05, 3.63) is 82.9 Å². The van der Waals surface area contributed by atoms with Gasteiger partial charge in [0.25, 0.3) is 0 Å². The lowest BCUT2D eigenvalue weighted by Gasteiger charge is -2.11. The van der Waals surface area contributed by atoms with Crippen molar-refractivity contribution in [2.24, 2.45) is 0 Å². The summed E-state index contributed by atoms with van der Waals surface area (Å²) in [6, 6.07) is 22.2. The molecule has 0 saturated carbocycles. The molecule has 0 atom stereocenters. The van der Waals surface area contributed by atoms with Crippen LogP contribution in [0.1, 0.15) is 410 Å². The second-order valence-corrected chi connectivity index (χ2v) is 37.6. The quantitative estimate of drug-likeness (QED) is 0.0260. The molecule has 0 aliphatic carbocycles. The smallest absolute Gasteiger partial charge is 0.164 e. The number of benzene rings is 4. The molecule has 18 heteroatoms. The predicted molar refractivity (Wildman–Crippen MR) is 542 cm³/mol. The van der Waals surface area contributed by atoms with Gasteiger partial charge in [-0.15, -0.1) is 0 Å². The van der Waals surface area contributed by atoms with E-state index >= 15 is 0 Å². The second kappa shape index (κ2) is 69.4. The number of nitrogens with zero attached hydrogens (tertiary/aromatic N) is 6. The van der Waals surface area contributed by atoms with E-state index < -0.39 is 0 Å². The van der Waals surface area contributed by atoms with Gasteiger partial charge in [-0.05, 0) is 134 Å². The zero-order valence-electron chi connectivity index (χ0n) is 82.4. The third-order valence-corrected chi connectivity index (χ3v) is 26.6. The summed E-state index contributed by atoms with van der Waals surface area (Å²) in [5, 5.41) is 22.3. The second-order valence-electron chi connectivity index (χ2n) is 37.6. The van der Waals surface area contributed by atoms with E-state index in [4.69, 9.17) is 78.0 Å². The van der Waals surface area contributed by atoms with Crippen molar-refractivity contribution in [3.63, 3.8) is 0 Å². The van der Waals surface area contributed by atoms with Gasteiger partial charge in [0.2, 0.25) is 0 Å². The van der Waals surface area contributed by atoms with Crippen molar-refractivity contribution in [1.82, 2.24) is 39.9 Å². The molecule has 0 saturated heterocycles. The lowest BCUT2D eigenvalue weighted by molar-refractivity contribution is 0.00361. The van der Waals surface area contributed by atoms with Gasteiger partial charge in [0.15, 0.2) is 23.3 Å². The number of aliphatic hydroxyl groups is 2. The first kappa shape index (κ1) is 107. The lowest BCUT2D eigenvalue weighted by Crippen LogP contribution is -2.13. The molecule has 3 aromatic heterocycles. The molecule has 5 heterocycles. The third-order valence-electron chi connectivity index (χ3n) is 26.6. The average Bonchev–Trinajstić information content (AvgIpc) is 1.59. The predicted octanol–water partition coefficient (Wildman–Crippen LogP) is 29.8. The third kappa shape index (κ3) is 41.8. The lowest BCUT2D eigenvalue weighted by atomic mass is 9.94. The van der Waals surface area contributed by atoms with Crippen LogP contribution in [0.2, 0.25) is 0 Å². The van der Waals surface area contributed by atoms with Crippen LogP contribution >= 0.6 is 0 Å². The van der Waals surface area contributed by atoms with E-state index in [0.29, 0.717) is 150 Å². The first-order valence-corrected chi connectivity index (χ1v) is 53.8. The molecule has 2 aliphatic rings. The molecule has 7 aromatic rings. The van der Waals surface area contributed by atoms with Crippen molar-refractivity contribution in [1.29, 1.82) is 0 Å². The molecular formula is C112H178N8O10. The van der Waals surface area contributed by atoms with Gasteiger partial charge >= 0.3 is 0 Å². The Morgan fingerprint density at radius 3 is 0.615 bits per heavy atom. The van der Waals surface area contributed by atoms with Crippen molar-refractivity contribution in [2.45, 2.75) is 413 Å². The van der Waals surface area contributed by atoms with Crippen LogP contribution in [-0.4, -0.2) is 156 Å². The first-order valence-electron chi connectivity index (χ1n) is 53.8. The van der Waals surface area contributed by atoms with E-state index in [-0.39, 0.29) is 13.2 Å². The van der Waals surface area contributed by atoms with Gasteiger partial charge in [0, 0.05) is 43.8 Å². The molecule has 18 nitrogen and oxygen atoms in total. The topological polar surface area (TPSA) is 223 Å². The zero-order valence-corrected chi connectivity index (χ0v) is 82.4. The van der Waals surface area contributed by atoms with Crippen LogP contribution in [0.3, 0.4) is 0 Å². The zero-order chi connectivity index (χ0) is 90.8. The van der Waals surface area contributed by atoms with E-state index in [1.54, 1.807) is 0 Å². The van der Waals surface area contributed by atoms with E-state index in [0.717, 1.165) is 95.2 Å². The van der Waals surface area contributed by atoms with Gasteiger partial charge in [-0.1, -0.05) is 362 Å². The van der Waals surface area contributed by atoms with Crippen LogP contribution < -0.4 is 9.47 Å². The summed E-state index contributed by atoms with van der Waals surface area (Å²) >= 11 is 0. The number of H-pyrrole nitrogens is 2. The summed E-state index contributed by atoms with van der Waals surface area (Å²) in [4.78, 5) is 41.7. The van der Waals surface area contributed by atoms with Crippen molar-refractivity contribution < 1.29 is 48.1 Å². The fraction of sp³-hybridized carbons (Fsp3) is 0.714. The van der Waals surface area contributed by atoms with Crippen LogP contribution in [0.25, 0.3) is 89.7 Å². The van der Waals surface area contributed by atoms with Crippen molar-refractivity contribution in [2.75, 3.05) is 106 Å². The summed E-state index contributed by atoms with van der Waals surface area (Å²) in [6.45, 7) is 14.6. The summed E-state index contributed by atoms with van der Waals surface area (Å²) < 4.78 is 47.3. The fourth-order valence-electron chi connectivity index (χ4n) is 18.8. The highest BCUT2D eigenvalue weighted by Gasteiger charge is 2.26. The van der Waals surface area contributed by atoms with Gasteiger partial charge < -0.3 is 58.1 Å². The highest BCUT2D eigenvalue weighted by Crippen LogP contribution is 2.42. The molecule has 4 N–H and O–H groups in total. The number of nitrogens with one attached hydrogen (secondary N) is 2. The van der Waals surface area contributed by atoms with Crippen LogP contribution in [0.4, 0.5) is 0 Å². The highest BCUT2D eigenvalue weighted by molar-refractivity contribution is 6.07. The molecule has 9 rings (SSSR count). The Labute approximate surface area is 786 Å². The number of hydrogen-bond acceptors (Lipinski definition) is 16. The Morgan fingerprint density at radius 1 is 0.208 bits per heavy atom. The normalized spacial score (nSPS) is 12.0. The molecule has 0 fully saturated rings. The van der Waals surface area contributed by atoms with Gasteiger partial charge in [-0.3, -0.25) is 0 Å². The Morgan fingerprint density at radius 2 is 0.400 bits per heavy atom. The molecule has 0 unspecified atom stereocenters. The minimum absolute atomic E-state index is 0.00864. The van der Waals surface area contributed by atoms with E-state index in [1.165, 1.54) is 356 Å². The maximum Gasteiger partial charge on any atom is 0.164 e. The van der Waals surface area contributed by atoms with Crippen LogP contribution in [0, 0.1) is 0 Å². The number of aromatic nitrogens is 8. The fourth-order valence-corrected chi connectivity index (χ4v) is 18.8. The van der Waals surface area contributed by atoms with Gasteiger partial charge in [-0.2, -0.15) is 0 Å². The molecule has 2 aliphatic heterocycles. The maximum atomic E-state index is 9.12. The van der Waals surface area contributed by atoms with Crippen LogP contribution in [0.15, 0.2) is 60.7 Å². The summed E-state index contributed by atoms with van der Waals surface area (Å²) in [5.41, 5.74) is 11.7. The maximum absolute atomic E-state index is 9.12. The average molecular weight is 1800 g/mol. The monoisotopic (exact) mass is 1800 g/mol. The molecule has 8 bridgehead atoms. The summed E-state index contributed by atoms with van der Waals surface area (Å²) in [5.74, 6) is 3.56. The van der Waals surface area contributed by atoms with Gasteiger partial charge in [0.05, 0.1) is 92.5 Å². The molecule has 4 aromatic carbocycles. The Bertz CT molecular complexity index is 4020. The van der Waals surface area contributed by atoms with E-state index in [1.807, 2.05) is 12.1 Å². The van der Waals surface area contributed by atoms with Crippen LogP contribution in [0.5, 0.6) is 11.5 Å². The Kier molecular flexibility index (Phi) is 57.2. The van der Waals surface area contributed by atoms with Crippen molar-refractivity contribution in [3.8, 4) is 57.1 Å². The van der Waals surface area contributed by atoms with E-state index in [2.05, 4.69) is 86.2 Å². The van der Waals surface area contributed by atoms with Gasteiger partial charge in [-0.25, -0.2) is 29.9 Å². The molecule has 0 amide bonds. The molecular weight excluding hydrogens is 1620 g/mol. The molecule has 0 spiro atoms. The standard InChI is InChI=1S/C112H178N8O10/c1-5-9-13-17-21-25-29-33-37-41-45-49-53-57-61-91-85-99-100(86-92(91)62-58-54-50-46-42-38-34-30-26-22-18-14-10-6-2)108-114-106-98-68-66-96(130-84-82-128-80-78-126-76-74-124-72-70-122)90-104(98)112(116-106)120-110-102-88-94(64-60-56-52-48-44-40-36-32-28-24-20-16-12-8-4)93(63-59-55-51-47-43-39-35-31-27-23-19-15-11-7-3)87-101(102)109(118-110)119-111-103-89-95(65-67-97(103)105(115-111)113-107(99)117-108)129-83-81-127-79-77-125-75-73-123-71-69-121/h65-68,85-90,121-122H,5-64,69-84H2,1-4H3,(H2,113,114,115,116,117,118,119,120). The van der Waals surface area contributed by atoms with Crippen molar-refractivity contribution >= 4 is 44.1 Å². The first-order chi connectivity index (χ1) is 64.4. The number of fused-ring (bicyclic) bond motifs is 20. The van der Waals surface area contributed by atoms with Gasteiger partial charge in [0.1, 0.15) is 47.3 Å². The Balaban J connectivity index is 1.10. The number of aliphatic hydroxyl groups excluding tert-OH is 2. The number of aromatic amines is 2. The highest BCUT2D eigenvalue weighted by atomic mass is 16.6. The minimum atomic E-state index is -0.00864. The largest absolute Gasteiger partial charge is 0.491 e. The summed E-state index contributed by atoms with van der Waals surface area (Å²) in [7, 11) is 0. The van der Waals surface area contributed by atoms with E-state index in [9.17, 15) is 0 Å².